The molecule has 2 aromatic heterocycles. The van der Waals surface area contributed by atoms with Gasteiger partial charge in [0.15, 0.2) is 5.84 Å². The van der Waals surface area contributed by atoms with Crippen molar-refractivity contribution in [2.45, 2.75) is 6.17 Å². The van der Waals surface area contributed by atoms with Crippen LogP contribution in [-0.4, -0.2) is 11.7 Å². The zero-order valence-corrected chi connectivity index (χ0v) is 28.7. The molecule has 0 amide bonds. The van der Waals surface area contributed by atoms with Gasteiger partial charge >= 0.3 is 0 Å². The van der Waals surface area contributed by atoms with E-state index in [1.54, 1.807) is 0 Å². The van der Waals surface area contributed by atoms with E-state index in [1.165, 1.54) is 47.3 Å². The first kappa shape index (κ1) is 29.2. The molecule has 1 unspecified atom stereocenters. The van der Waals surface area contributed by atoms with E-state index in [9.17, 15) is 0 Å². The lowest BCUT2D eigenvalue weighted by Crippen LogP contribution is -2.33. The van der Waals surface area contributed by atoms with E-state index in [0.717, 1.165) is 50.0 Å². The number of aliphatic imine (C=N–C) groups is 2. The standard InChI is InChI=1S/C47H29N3OS/c1-2-10-30(11-3-1)45-48-46(33-20-19-29-18-17-28-9-4-5-12-34(28)38(29)26-33)50-47(49-45)37-14-8-15-40-44(37)36-23-21-32(27-41(36)51-40)31-22-24-43-39(25-31)35-13-6-7-16-42(35)52-43/h1-27,46H,(H,48,49,50). The van der Waals surface area contributed by atoms with Crippen LogP contribution in [0.4, 0.5) is 0 Å². The van der Waals surface area contributed by atoms with Crippen molar-refractivity contribution >= 4 is 86.7 Å². The molecule has 0 spiro atoms. The zero-order chi connectivity index (χ0) is 34.2. The molecule has 11 rings (SSSR count). The van der Waals surface area contributed by atoms with Crippen molar-refractivity contribution in [1.29, 1.82) is 0 Å². The molecule has 10 aromatic rings. The summed E-state index contributed by atoms with van der Waals surface area (Å²) in [7, 11) is 0. The lowest BCUT2D eigenvalue weighted by molar-refractivity contribution is 0.668. The highest BCUT2D eigenvalue weighted by molar-refractivity contribution is 7.25. The third kappa shape index (κ3) is 4.67. The molecular weight excluding hydrogens is 655 g/mol. The topological polar surface area (TPSA) is 49.9 Å². The molecule has 1 aliphatic heterocycles. The second kappa shape index (κ2) is 11.5. The van der Waals surface area contributed by atoms with Gasteiger partial charge in [-0.3, -0.25) is 0 Å². The van der Waals surface area contributed by atoms with Crippen LogP contribution >= 0.6 is 11.3 Å². The van der Waals surface area contributed by atoms with Crippen molar-refractivity contribution in [3.05, 3.63) is 180 Å². The van der Waals surface area contributed by atoms with Crippen LogP contribution in [0.25, 0.3) is 74.8 Å². The number of hydrogen-bond donors (Lipinski definition) is 1. The number of hydrogen-bond acceptors (Lipinski definition) is 5. The van der Waals surface area contributed by atoms with Gasteiger partial charge in [-0.05, 0) is 80.7 Å². The van der Waals surface area contributed by atoms with Gasteiger partial charge in [-0.1, -0.05) is 121 Å². The maximum Gasteiger partial charge on any atom is 0.160 e. The normalized spacial score (nSPS) is 14.7. The number of nitrogens with one attached hydrogen (secondary N) is 1. The highest BCUT2D eigenvalue weighted by Gasteiger charge is 2.24. The monoisotopic (exact) mass is 683 g/mol. The molecule has 0 bridgehead atoms. The van der Waals surface area contributed by atoms with E-state index in [2.05, 4.69) is 139 Å². The van der Waals surface area contributed by atoms with E-state index in [0.29, 0.717) is 5.84 Å². The van der Waals surface area contributed by atoms with Crippen LogP contribution in [0.5, 0.6) is 0 Å². The molecule has 0 radical (unpaired) electrons. The minimum Gasteiger partial charge on any atom is -0.456 e. The molecule has 4 nitrogen and oxygen atoms in total. The highest BCUT2D eigenvalue weighted by Crippen LogP contribution is 2.39. The van der Waals surface area contributed by atoms with Gasteiger partial charge in [0.05, 0.1) is 0 Å². The Balaban J connectivity index is 1.06. The number of rotatable bonds is 4. The van der Waals surface area contributed by atoms with E-state index >= 15 is 0 Å². The number of fused-ring (bicyclic) bond motifs is 9. The van der Waals surface area contributed by atoms with Gasteiger partial charge in [0, 0.05) is 42.1 Å². The minimum atomic E-state index is -0.339. The van der Waals surface area contributed by atoms with Crippen LogP contribution in [0.15, 0.2) is 178 Å². The summed E-state index contributed by atoms with van der Waals surface area (Å²) in [6, 6.07) is 58.0. The summed E-state index contributed by atoms with van der Waals surface area (Å²) in [4.78, 5) is 10.5. The average molecular weight is 684 g/mol. The molecule has 0 saturated carbocycles. The van der Waals surface area contributed by atoms with Gasteiger partial charge in [-0.25, -0.2) is 9.98 Å². The van der Waals surface area contributed by atoms with E-state index in [-0.39, 0.29) is 6.17 Å². The Bertz CT molecular complexity index is 3120. The van der Waals surface area contributed by atoms with Gasteiger partial charge in [-0.2, -0.15) is 0 Å². The summed E-state index contributed by atoms with van der Waals surface area (Å²) in [6.07, 6.45) is -0.339. The Morgan fingerprint density at radius 1 is 0.500 bits per heavy atom. The third-order valence-corrected chi connectivity index (χ3v) is 11.5. The zero-order valence-electron chi connectivity index (χ0n) is 27.9. The maximum atomic E-state index is 6.58. The van der Waals surface area contributed by atoms with Crippen molar-refractivity contribution in [2.24, 2.45) is 9.98 Å². The predicted molar refractivity (Wildman–Crippen MR) is 219 cm³/mol. The fourth-order valence-electron chi connectivity index (χ4n) is 7.77. The van der Waals surface area contributed by atoms with Crippen LogP contribution in [0.2, 0.25) is 0 Å². The smallest absolute Gasteiger partial charge is 0.160 e. The van der Waals surface area contributed by atoms with Crippen LogP contribution in [-0.2, 0) is 0 Å². The fraction of sp³-hybridized carbons (Fsp3) is 0.0213. The molecule has 52 heavy (non-hydrogen) atoms. The lowest BCUT2D eigenvalue weighted by Gasteiger charge is -2.24. The number of benzene rings is 8. The number of furan rings is 1. The molecule has 0 aliphatic carbocycles. The summed E-state index contributed by atoms with van der Waals surface area (Å²) in [5.74, 6) is 1.46. The number of amidine groups is 2. The van der Waals surface area contributed by atoms with Crippen molar-refractivity contribution in [1.82, 2.24) is 5.32 Å². The Morgan fingerprint density at radius 3 is 2.17 bits per heavy atom. The Labute approximate surface area is 303 Å². The molecule has 1 atom stereocenters. The highest BCUT2D eigenvalue weighted by atomic mass is 32.1. The molecule has 3 heterocycles. The summed E-state index contributed by atoms with van der Waals surface area (Å²) in [6.45, 7) is 0. The third-order valence-electron chi connectivity index (χ3n) is 10.3. The number of thiophene rings is 1. The molecule has 0 fully saturated rings. The molecule has 1 aliphatic rings. The van der Waals surface area contributed by atoms with Crippen LogP contribution < -0.4 is 5.32 Å². The van der Waals surface area contributed by atoms with E-state index in [4.69, 9.17) is 14.4 Å². The molecule has 8 aromatic carbocycles. The summed E-state index contributed by atoms with van der Waals surface area (Å²) in [5.41, 5.74) is 6.98. The van der Waals surface area contributed by atoms with Crippen molar-refractivity contribution < 1.29 is 4.42 Å². The molecule has 0 saturated heterocycles. The van der Waals surface area contributed by atoms with E-state index < -0.39 is 0 Å². The predicted octanol–water partition coefficient (Wildman–Crippen LogP) is 12.4. The first-order valence-electron chi connectivity index (χ1n) is 17.5. The average Bonchev–Trinajstić information content (AvgIpc) is 3.78. The van der Waals surface area contributed by atoms with Gasteiger partial charge in [0.1, 0.15) is 23.2 Å². The quantitative estimate of drug-likeness (QED) is 0.188. The Kier molecular flexibility index (Phi) is 6.45. The fourth-order valence-corrected chi connectivity index (χ4v) is 8.86. The lowest BCUT2D eigenvalue weighted by atomic mass is 9.98. The Hall–Kier alpha value is -6.56. The second-order valence-corrected chi connectivity index (χ2v) is 14.5. The largest absolute Gasteiger partial charge is 0.456 e. The van der Waals surface area contributed by atoms with Gasteiger partial charge in [0.2, 0.25) is 0 Å². The first-order chi connectivity index (χ1) is 25.7. The summed E-state index contributed by atoms with van der Waals surface area (Å²) in [5, 5.41) is 13.2. The van der Waals surface area contributed by atoms with Gasteiger partial charge in [-0.15, -0.1) is 11.3 Å². The first-order valence-corrected chi connectivity index (χ1v) is 18.3. The summed E-state index contributed by atoms with van der Waals surface area (Å²) < 4.78 is 9.19. The Morgan fingerprint density at radius 2 is 1.25 bits per heavy atom. The number of nitrogens with zero attached hydrogens (tertiary/aromatic N) is 2. The SMILES string of the molecule is c1ccc(C2=NC(c3cccc4oc5cc(-c6ccc7sc8ccccc8c7c6)ccc5c34)=NC(c3ccc4ccc5ccccc5c4c3)N2)cc1. The van der Waals surface area contributed by atoms with Crippen molar-refractivity contribution in [2.75, 3.05) is 0 Å². The van der Waals surface area contributed by atoms with Gasteiger partial charge in [0.25, 0.3) is 0 Å². The van der Waals surface area contributed by atoms with Crippen molar-refractivity contribution in [3.8, 4) is 11.1 Å². The maximum absolute atomic E-state index is 6.58. The molecule has 244 valence electrons. The molecular formula is C47H29N3OS. The summed E-state index contributed by atoms with van der Waals surface area (Å²) >= 11 is 1.84. The van der Waals surface area contributed by atoms with Gasteiger partial charge < -0.3 is 9.73 Å². The van der Waals surface area contributed by atoms with Crippen LogP contribution in [0, 0.1) is 0 Å². The molecule has 1 N–H and O–H groups in total. The van der Waals surface area contributed by atoms with Crippen LogP contribution in [0.3, 0.4) is 0 Å². The minimum absolute atomic E-state index is 0.339. The van der Waals surface area contributed by atoms with Crippen LogP contribution in [0.1, 0.15) is 22.9 Å². The van der Waals surface area contributed by atoms with E-state index in [1.807, 2.05) is 41.7 Å². The van der Waals surface area contributed by atoms with Crippen molar-refractivity contribution in [3.63, 3.8) is 0 Å². The second-order valence-electron chi connectivity index (χ2n) is 13.4. The molecule has 5 heteroatoms.